The van der Waals surface area contributed by atoms with Crippen LogP contribution in [-0.4, -0.2) is 30.3 Å². The number of nitrogens with one attached hydrogen (secondary N) is 1. The summed E-state index contributed by atoms with van der Waals surface area (Å²) >= 11 is 0. The van der Waals surface area contributed by atoms with Gasteiger partial charge in [-0.3, -0.25) is 14.4 Å². The second-order valence-electron chi connectivity index (χ2n) is 9.35. The Morgan fingerprint density at radius 2 is 1.62 bits per heavy atom. The normalized spacial score (nSPS) is 30.1. The van der Waals surface area contributed by atoms with Gasteiger partial charge in [-0.05, 0) is 72.6 Å². The third-order valence-electron chi connectivity index (χ3n) is 7.47. The maximum absolute atomic E-state index is 13.3. The van der Waals surface area contributed by atoms with E-state index in [-0.39, 0.29) is 41.0 Å². The van der Waals surface area contributed by atoms with E-state index in [0.717, 1.165) is 6.42 Å². The van der Waals surface area contributed by atoms with E-state index in [0.29, 0.717) is 23.2 Å². The third kappa shape index (κ3) is 3.24. The summed E-state index contributed by atoms with van der Waals surface area (Å²) in [5, 5.41) is 2.51. The van der Waals surface area contributed by atoms with Crippen LogP contribution in [0.5, 0.6) is 0 Å². The Bertz CT molecular complexity index is 1220. The van der Waals surface area contributed by atoms with Crippen molar-refractivity contribution in [2.24, 2.45) is 35.5 Å². The van der Waals surface area contributed by atoms with E-state index in [1.54, 1.807) is 12.1 Å². The van der Waals surface area contributed by atoms with Crippen molar-refractivity contribution in [3.8, 4) is 0 Å². The fourth-order valence-corrected chi connectivity index (χ4v) is 5.93. The van der Waals surface area contributed by atoms with Gasteiger partial charge in [0.15, 0.2) is 6.61 Å². The van der Waals surface area contributed by atoms with Gasteiger partial charge in [-0.15, -0.1) is 0 Å². The molecule has 2 aromatic rings. The van der Waals surface area contributed by atoms with Crippen LogP contribution in [0.25, 0.3) is 0 Å². The van der Waals surface area contributed by atoms with E-state index < -0.39 is 24.3 Å². The number of hydrogen-bond donors (Lipinski definition) is 1. The second kappa shape index (κ2) is 7.62. The summed E-state index contributed by atoms with van der Waals surface area (Å²) in [5.41, 5.74) is 0.840. The van der Waals surface area contributed by atoms with E-state index in [9.17, 15) is 23.6 Å². The zero-order chi connectivity index (χ0) is 23.6. The lowest BCUT2D eigenvalue weighted by Crippen LogP contribution is -2.40. The number of hydrogen-bond acceptors (Lipinski definition) is 5. The van der Waals surface area contributed by atoms with Crippen molar-refractivity contribution in [1.82, 2.24) is 0 Å². The molecule has 1 saturated heterocycles. The molecular weight excluding hydrogens is 439 g/mol. The van der Waals surface area contributed by atoms with Gasteiger partial charge < -0.3 is 10.1 Å². The molecule has 2 aromatic carbocycles. The largest absolute Gasteiger partial charge is 0.452 e. The summed E-state index contributed by atoms with van der Waals surface area (Å²) in [6.07, 6.45) is 5.31. The smallest absolute Gasteiger partial charge is 0.338 e. The first-order valence-corrected chi connectivity index (χ1v) is 11.3. The number of allylic oxidation sites excluding steroid dienone is 2. The Morgan fingerprint density at radius 1 is 0.971 bits per heavy atom. The predicted octanol–water partition coefficient (Wildman–Crippen LogP) is 3.18. The van der Waals surface area contributed by atoms with Gasteiger partial charge in [-0.1, -0.05) is 18.2 Å². The van der Waals surface area contributed by atoms with Crippen molar-refractivity contribution in [3.63, 3.8) is 0 Å². The quantitative estimate of drug-likeness (QED) is 0.420. The van der Waals surface area contributed by atoms with Gasteiger partial charge in [0, 0.05) is 5.69 Å². The molecule has 7 rings (SSSR count). The summed E-state index contributed by atoms with van der Waals surface area (Å²) < 4.78 is 18.1. The number of carbonyl (C=O) groups is 4. The standard InChI is InChI=1S/C26H21FN2O5/c27-14-4-6-15(7-5-14)28-21(30)12-34-26(33)13-2-1-3-16(10-13)29-24(31)22-17-8-9-18(20-11-19(17)20)23(22)25(29)32/h1-10,17-20,22-23H,11-12H2,(H,28,30)/t17-,18-,19-,20+,22-,23+/m0/s1. The number of ether oxygens (including phenoxy) is 1. The van der Waals surface area contributed by atoms with Gasteiger partial charge in [0.25, 0.3) is 5.91 Å². The average Bonchev–Trinajstić information content (AvgIpc) is 3.62. The molecule has 2 bridgehead atoms. The van der Waals surface area contributed by atoms with Crippen molar-refractivity contribution < 1.29 is 28.3 Å². The van der Waals surface area contributed by atoms with E-state index in [1.165, 1.54) is 41.3 Å². The molecule has 0 unspecified atom stereocenters. The summed E-state index contributed by atoms with van der Waals surface area (Å²) in [4.78, 5) is 52.4. The molecule has 0 aromatic heterocycles. The van der Waals surface area contributed by atoms with Gasteiger partial charge in [0.2, 0.25) is 11.8 Å². The monoisotopic (exact) mass is 460 g/mol. The van der Waals surface area contributed by atoms with E-state index in [1.807, 2.05) is 0 Å². The van der Waals surface area contributed by atoms with Crippen LogP contribution in [-0.2, 0) is 19.1 Å². The van der Waals surface area contributed by atoms with Crippen molar-refractivity contribution in [1.29, 1.82) is 0 Å². The minimum atomic E-state index is -0.754. The average molecular weight is 460 g/mol. The van der Waals surface area contributed by atoms with Crippen molar-refractivity contribution in [2.45, 2.75) is 6.42 Å². The summed E-state index contributed by atoms with van der Waals surface area (Å²) in [7, 11) is 0. The molecule has 1 aliphatic heterocycles. The van der Waals surface area contributed by atoms with Crippen molar-refractivity contribution in [3.05, 3.63) is 72.1 Å². The molecule has 7 nitrogen and oxygen atoms in total. The molecule has 4 aliphatic carbocycles. The summed E-state index contributed by atoms with van der Waals surface area (Å²) in [5.74, 6) is -1.56. The number of halogens is 1. The highest BCUT2D eigenvalue weighted by molar-refractivity contribution is 6.23. The Kier molecular flexibility index (Phi) is 4.65. The number of nitrogens with zero attached hydrogens (tertiary/aromatic N) is 1. The molecule has 3 fully saturated rings. The molecule has 2 saturated carbocycles. The maximum Gasteiger partial charge on any atom is 0.338 e. The van der Waals surface area contributed by atoms with Crippen LogP contribution in [0.15, 0.2) is 60.7 Å². The zero-order valence-electron chi connectivity index (χ0n) is 18.0. The minimum absolute atomic E-state index is 0.120. The SMILES string of the molecule is O=C(COC(=O)c1cccc(N2C(=O)[C@@H]3[C@H]4C=C[C@@H]([C@@H]5C[C@H]45)[C@@H]3C2=O)c1)Nc1ccc(F)cc1. The van der Waals surface area contributed by atoms with Gasteiger partial charge in [-0.2, -0.15) is 0 Å². The lowest BCUT2D eigenvalue weighted by molar-refractivity contribution is -0.124. The van der Waals surface area contributed by atoms with Crippen LogP contribution in [0.1, 0.15) is 16.8 Å². The Hall–Kier alpha value is -3.81. The fraction of sp³-hybridized carbons (Fsp3) is 0.308. The molecule has 1 heterocycles. The van der Waals surface area contributed by atoms with Gasteiger partial charge in [0.1, 0.15) is 5.82 Å². The predicted molar refractivity (Wildman–Crippen MR) is 119 cm³/mol. The highest BCUT2D eigenvalue weighted by atomic mass is 19.1. The molecule has 5 aliphatic rings. The number of imide groups is 1. The van der Waals surface area contributed by atoms with Gasteiger partial charge in [0.05, 0.1) is 23.1 Å². The Labute approximate surface area is 194 Å². The van der Waals surface area contributed by atoms with Crippen molar-refractivity contribution in [2.75, 3.05) is 16.8 Å². The molecule has 8 heteroatoms. The van der Waals surface area contributed by atoms with Gasteiger partial charge in [-0.25, -0.2) is 14.1 Å². The molecular formula is C26H21FN2O5. The van der Waals surface area contributed by atoms with Crippen LogP contribution < -0.4 is 10.2 Å². The molecule has 1 N–H and O–H groups in total. The Morgan fingerprint density at radius 3 is 2.26 bits per heavy atom. The molecule has 3 amide bonds. The van der Waals surface area contributed by atoms with E-state index in [4.69, 9.17) is 4.74 Å². The summed E-state index contributed by atoms with van der Waals surface area (Å²) in [6.45, 7) is -0.538. The fourth-order valence-electron chi connectivity index (χ4n) is 5.93. The summed E-state index contributed by atoms with van der Waals surface area (Å²) in [6, 6.07) is 11.4. The molecule has 172 valence electrons. The van der Waals surface area contributed by atoms with Crippen LogP contribution in [0, 0.1) is 41.3 Å². The Balaban J connectivity index is 1.14. The van der Waals surface area contributed by atoms with Crippen LogP contribution in [0.2, 0.25) is 0 Å². The van der Waals surface area contributed by atoms with E-state index >= 15 is 0 Å². The van der Waals surface area contributed by atoms with E-state index in [2.05, 4.69) is 17.5 Å². The van der Waals surface area contributed by atoms with Crippen LogP contribution in [0.4, 0.5) is 15.8 Å². The van der Waals surface area contributed by atoms with Crippen molar-refractivity contribution >= 4 is 35.1 Å². The number of esters is 1. The molecule has 0 spiro atoms. The molecule has 6 atom stereocenters. The number of amides is 3. The number of rotatable bonds is 5. The second-order valence-corrected chi connectivity index (χ2v) is 9.35. The first-order chi connectivity index (χ1) is 16.4. The maximum atomic E-state index is 13.3. The minimum Gasteiger partial charge on any atom is -0.452 e. The first kappa shape index (κ1) is 20.8. The first-order valence-electron chi connectivity index (χ1n) is 11.3. The number of carbonyl (C=O) groups excluding carboxylic acids is 4. The third-order valence-corrected chi connectivity index (χ3v) is 7.47. The zero-order valence-corrected chi connectivity index (χ0v) is 18.0. The highest BCUT2D eigenvalue weighted by Crippen LogP contribution is 2.65. The lowest BCUT2D eigenvalue weighted by atomic mass is 9.63. The number of benzene rings is 2. The van der Waals surface area contributed by atoms with Crippen LogP contribution in [0.3, 0.4) is 0 Å². The van der Waals surface area contributed by atoms with Crippen LogP contribution >= 0.6 is 0 Å². The van der Waals surface area contributed by atoms with Gasteiger partial charge >= 0.3 is 5.97 Å². The highest BCUT2D eigenvalue weighted by Gasteiger charge is 2.67. The lowest BCUT2D eigenvalue weighted by Gasteiger charge is -2.37. The number of anilines is 2. The topological polar surface area (TPSA) is 92.8 Å². The molecule has 0 radical (unpaired) electrons. The molecule has 34 heavy (non-hydrogen) atoms.